The number of nitrogens with two attached hydrogens (primary N) is 7. The average Bonchev–Trinajstić information content (AvgIpc) is 1.71. The molecule has 0 bridgehead atoms. The van der Waals surface area contributed by atoms with Gasteiger partial charge in [-0.2, -0.15) is 25.5 Å². The molecule has 0 aromatic carbocycles. The number of nitrogen functional groups attached to an aromatic ring is 7. The van der Waals surface area contributed by atoms with Gasteiger partial charge in [-0.25, -0.2) is 19.0 Å². The van der Waals surface area contributed by atoms with Crippen LogP contribution < -0.4 is 40.2 Å². The van der Waals surface area contributed by atoms with E-state index in [2.05, 4.69) is 263 Å². The zero-order valence-corrected chi connectivity index (χ0v) is 80.3. The molecule has 12 rings (SSSR count). The lowest BCUT2D eigenvalue weighted by Crippen LogP contribution is -2.22. The van der Waals surface area contributed by atoms with E-state index in [0.717, 1.165) is 45.2 Å². The third-order valence-corrected chi connectivity index (χ3v) is 18.1. The normalized spacial score (nSPS) is 11.8. The standard InChI is InChI=1S/C9H12FN.C9H13N.C8H12N2.C7H14N4.C7H13N3.C7H12N2O.C7H11NS.2C6H12N4.C6H11N3O.C6H11N3S.C6H11N3/c1-9(2,3)7-4-8(10)6-11-5-7;1-9(2,3)8-5-4-6-10-7-8;1-8(2,3)7-4-9-6-10-5-7;1-7(2,3)5-9-10-6(8)11(5)4;1-7(2,3)5-4-6(8)10-9-5;1-7(2,3)5-4-6(8)9-10-5;1-7(2,3)6-4-8-5-9-6;1-6(2,3)5-9-8-4-10(5)7;1-6(2,3)4-8-5(7)10-9-4;2*1-6(2,3)4-8-9-5(7)10-4;1-6(2,3)5-4-7-9-8-5/h4-6H,1-3H3;4-7H,1-3H3;4-6H,1-3H3;1-4H3,(H2,8,10);4H,1-3H3,(H3,8,9,10);4H,1-3H3,(H2,8,9);4-5H,1-3H3;4H,7H2,1-3H3;1-3H3,(H3,7,8,9,10);2*1-3H3,(H2,7,9);4H,1-3H3,(H,7,8,9). The van der Waals surface area contributed by atoms with Crippen LogP contribution in [0.25, 0.3) is 0 Å². The van der Waals surface area contributed by atoms with E-state index in [4.69, 9.17) is 49.2 Å². The molecule has 0 aliphatic carbocycles. The fourth-order valence-corrected chi connectivity index (χ4v) is 9.67. The Morgan fingerprint density at radius 2 is 1.02 bits per heavy atom. The van der Waals surface area contributed by atoms with Crippen LogP contribution in [0.5, 0.6) is 0 Å². The van der Waals surface area contributed by atoms with Crippen molar-refractivity contribution < 1.29 is 13.3 Å². The first kappa shape index (κ1) is 107. The van der Waals surface area contributed by atoms with E-state index in [-0.39, 0.29) is 76.8 Å². The first-order chi connectivity index (χ1) is 54.4. The Balaban J connectivity index is 0.000000655. The van der Waals surface area contributed by atoms with Gasteiger partial charge in [-0.05, 0) is 50.5 Å². The zero-order chi connectivity index (χ0) is 92.8. The van der Waals surface area contributed by atoms with Crippen molar-refractivity contribution in [2.75, 3.05) is 40.2 Å². The fraction of sp³-hybridized carbons (Fsp3) is 0.583. The molecule has 0 aliphatic heterocycles. The van der Waals surface area contributed by atoms with Gasteiger partial charge < -0.3 is 53.8 Å². The highest BCUT2D eigenvalue weighted by molar-refractivity contribution is 7.15. The van der Waals surface area contributed by atoms with Crippen LogP contribution in [-0.2, 0) is 72.0 Å². The van der Waals surface area contributed by atoms with Crippen LogP contribution in [-0.4, -0.2) is 121 Å². The molecular formula is C84H144FN31O2S2. The van der Waals surface area contributed by atoms with Gasteiger partial charge in [0.15, 0.2) is 11.6 Å². The number of rotatable bonds is 0. The SMILES string of the molecule is CC(C)(C)c1cc(N)n[nH]1.CC(C)(C)c1cc(N)no1.CC(C)(C)c1cccnc1.CC(C)(C)c1cn[nH]n1.CC(C)(C)c1cncc(F)c1.CC(C)(C)c1cncnc1.CC(C)(C)c1cncs1.CC(C)(C)c1nc(N)n[nH]1.CC(C)(C)c1nnc(N)o1.CC(C)(C)c1nnc(N)s1.CC(C)(C)c1nncn1N.Cn1c(N)nnc1C(C)(C)C. The molecule has 0 aliphatic rings. The second-order valence-corrected chi connectivity index (χ2v) is 42.1. The predicted octanol–water partition coefficient (Wildman–Crippen LogP) is 17.1. The molecule has 0 spiro atoms. The summed E-state index contributed by atoms with van der Waals surface area (Å²) >= 11 is 3.17. The van der Waals surface area contributed by atoms with Gasteiger partial charge in [-0.1, -0.05) is 277 Å². The van der Waals surface area contributed by atoms with Crippen LogP contribution in [0.1, 0.15) is 316 Å². The Kier molecular flexibility index (Phi) is 40.2. The van der Waals surface area contributed by atoms with E-state index >= 15 is 0 Å². The molecule has 666 valence electrons. The molecule has 0 radical (unpaired) electrons. The number of thiazole rings is 1. The zero-order valence-electron chi connectivity index (χ0n) is 78.7. The monoisotopic (exact) mass is 1700 g/mol. The van der Waals surface area contributed by atoms with Crippen molar-refractivity contribution in [2.24, 2.45) is 7.05 Å². The molecule has 0 amide bonds. The molecule has 33 nitrogen and oxygen atoms in total. The first-order valence-electron chi connectivity index (χ1n) is 39.1. The summed E-state index contributed by atoms with van der Waals surface area (Å²) in [7, 11) is 1.87. The van der Waals surface area contributed by atoms with Crippen molar-refractivity contribution in [3.05, 3.63) is 171 Å². The van der Waals surface area contributed by atoms with E-state index in [1.807, 2.05) is 153 Å². The van der Waals surface area contributed by atoms with Crippen molar-refractivity contribution in [1.29, 1.82) is 0 Å². The van der Waals surface area contributed by atoms with Crippen molar-refractivity contribution >= 4 is 57.4 Å². The average molecular weight is 1700 g/mol. The molecule has 36 heteroatoms. The second-order valence-electron chi connectivity index (χ2n) is 40.2. The second kappa shape index (κ2) is 45.0. The summed E-state index contributed by atoms with van der Waals surface area (Å²) in [5.74, 6) is 11.0. The predicted molar refractivity (Wildman–Crippen MR) is 487 cm³/mol. The minimum absolute atomic E-state index is 0.00458. The van der Waals surface area contributed by atoms with Crippen LogP contribution in [0.4, 0.5) is 39.1 Å². The van der Waals surface area contributed by atoms with Crippen molar-refractivity contribution in [3.63, 3.8) is 0 Å². The number of hydrogen-bond donors (Lipinski definition) is 10. The summed E-state index contributed by atoms with van der Waals surface area (Å²) in [5, 5.41) is 58.8. The van der Waals surface area contributed by atoms with E-state index in [1.54, 1.807) is 46.9 Å². The Labute approximate surface area is 720 Å². The Morgan fingerprint density at radius 3 is 1.26 bits per heavy atom. The highest BCUT2D eigenvalue weighted by atomic mass is 32.1. The summed E-state index contributed by atoms with van der Waals surface area (Å²) in [6.45, 7) is 75.2. The van der Waals surface area contributed by atoms with Crippen molar-refractivity contribution in [1.82, 2.24) is 121 Å². The van der Waals surface area contributed by atoms with E-state index in [0.29, 0.717) is 34.6 Å². The molecule has 12 heterocycles. The minimum atomic E-state index is -0.266. The van der Waals surface area contributed by atoms with Gasteiger partial charge in [0.05, 0.1) is 23.6 Å². The molecular weight excluding hydrogens is 1560 g/mol. The number of aromatic amines is 3. The number of pyridine rings is 2. The van der Waals surface area contributed by atoms with Gasteiger partial charge in [-0.15, -0.1) is 52.1 Å². The third kappa shape index (κ3) is 42.2. The number of hydrogen-bond acceptors (Lipinski definition) is 30. The van der Waals surface area contributed by atoms with Gasteiger partial charge in [0.2, 0.25) is 22.9 Å². The molecule has 12 aromatic heterocycles. The third-order valence-electron chi connectivity index (χ3n) is 15.8. The number of H-pyrrole nitrogens is 3. The number of aromatic nitrogens is 24. The Morgan fingerprint density at radius 1 is 0.458 bits per heavy atom. The maximum Gasteiger partial charge on any atom is 0.312 e. The van der Waals surface area contributed by atoms with Gasteiger partial charge in [0.25, 0.3) is 0 Å². The van der Waals surface area contributed by atoms with Gasteiger partial charge in [-0.3, -0.25) is 25.1 Å². The van der Waals surface area contributed by atoms with Crippen LogP contribution in [0, 0.1) is 5.82 Å². The van der Waals surface area contributed by atoms with Crippen molar-refractivity contribution in [2.45, 2.75) is 314 Å². The minimum Gasteiger partial charge on any atom is -0.408 e. The summed E-state index contributed by atoms with van der Waals surface area (Å²) in [5.41, 5.74) is 40.5. The lowest BCUT2D eigenvalue weighted by atomic mass is 9.88. The molecule has 120 heavy (non-hydrogen) atoms. The lowest BCUT2D eigenvalue weighted by Gasteiger charge is -2.17. The fourth-order valence-electron chi connectivity index (χ4n) is 8.29. The molecule has 0 unspecified atom stereocenters. The Hall–Kier alpha value is -10.8. The summed E-state index contributed by atoms with van der Waals surface area (Å²) in [6, 6.07) is 9.34. The van der Waals surface area contributed by atoms with Crippen molar-refractivity contribution in [3.8, 4) is 0 Å². The molecule has 12 aromatic rings. The summed E-state index contributed by atoms with van der Waals surface area (Å²) in [6.07, 6.45) is 17.1. The molecule has 0 fully saturated rings. The highest BCUT2D eigenvalue weighted by Gasteiger charge is 2.26. The quantitative estimate of drug-likeness (QED) is 0.0630. The lowest BCUT2D eigenvalue weighted by molar-refractivity contribution is 0.331. The molecule has 0 atom stereocenters. The van der Waals surface area contributed by atoms with Crippen LogP contribution in [0.3, 0.4) is 0 Å². The van der Waals surface area contributed by atoms with Gasteiger partial charge in [0, 0.05) is 110 Å². The van der Waals surface area contributed by atoms with E-state index < -0.39 is 0 Å². The van der Waals surface area contributed by atoms with Gasteiger partial charge >= 0.3 is 6.01 Å². The van der Waals surface area contributed by atoms with Crippen LogP contribution in [0.2, 0.25) is 0 Å². The maximum atomic E-state index is 12.6. The summed E-state index contributed by atoms with van der Waals surface area (Å²) < 4.78 is 25.8. The van der Waals surface area contributed by atoms with E-state index in [1.165, 1.54) is 50.6 Å². The Bertz CT molecular complexity index is 4350. The maximum absolute atomic E-state index is 12.6. The van der Waals surface area contributed by atoms with Gasteiger partial charge in [0.1, 0.15) is 46.7 Å². The van der Waals surface area contributed by atoms with Crippen LogP contribution >= 0.6 is 22.7 Å². The highest BCUT2D eigenvalue weighted by Crippen LogP contribution is 2.30. The number of nitrogens with one attached hydrogen (secondary N) is 3. The topological polar surface area (TPSA) is 511 Å². The smallest absolute Gasteiger partial charge is 0.312 e. The number of halogens is 1. The molecule has 0 saturated carbocycles. The first-order valence-corrected chi connectivity index (χ1v) is 40.8. The largest absolute Gasteiger partial charge is 0.408 e. The number of anilines is 6. The molecule has 17 N–H and O–H groups in total. The molecule has 0 saturated heterocycles. The summed E-state index contributed by atoms with van der Waals surface area (Å²) in [4.78, 5) is 25.1. The number of nitrogens with zero attached hydrogens (tertiary/aromatic N) is 21. The van der Waals surface area contributed by atoms with Crippen LogP contribution in [0.15, 0.2) is 107 Å². The van der Waals surface area contributed by atoms with E-state index in [9.17, 15) is 4.39 Å².